The Hall–Kier alpha value is -4.42. The van der Waals surface area contributed by atoms with Crippen molar-refractivity contribution in [2.24, 2.45) is 5.41 Å². The third kappa shape index (κ3) is 6.19. The molecule has 0 aliphatic carbocycles. The quantitative estimate of drug-likeness (QED) is 0.290. The maximum Gasteiger partial charge on any atom is 0.435 e. The molecule has 2 N–H and O–H groups in total. The monoisotopic (exact) mass is 532 g/mol. The Morgan fingerprint density at radius 2 is 1.62 bits per heavy atom. The molecule has 0 aliphatic rings. The first-order valence-corrected chi connectivity index (χ1v) is 12.2. The lowest BCUT2D eigenvalue weighted by Crippen LogP contribution is -2.32. The number of aromatic nitrogens is 2. The second kappa shape index (κ2) is 10.4. The highest BCUT2D eigenvalue weighted by atomic mass is 19.4. The molecular weight excluding hydrogens is 505 g/mol. The van der Waals surface area contributed by atoms with Gasteiger partial charge in [0.15, 0.2) is 5.69 Å². The molecule has 0 spiro atoms. The van der Waals surface area contributed by atoms with Gasteiger partial charge in [0.05, 0.1) is 17.3 Å². The van der Waals surface area contributed by atoms with Crippen LogP contribution in [0, 0.1) is 16.7 Å². The van der Waals surface area contributed by atoms with Crippen molar-refractivity contribution in [3.63, 3.8) is 0 Å². The molecule has 0 bridgehead atoms. The van der Waals surface area contributed by atoms with Crippen LogP contribution in [-0.4, -0.2) is 20.8 Å². The van der Waals surface area contributed by atoms with Crippen LogP contribution in [0.3, 0.4) is 0 Å². The van der Waals surface area contributed by atoms with E-state index in [0.29, 0.717) is 23.6 Å². The van der Waals surface area contributed by atoms with Gasteiger partial charge in [0.25, 0.3) is 5.91 Å². The number of nitrogens with zero attached hydrogens (tertiary/aromatic N) is 3. The SMILES string of the molecule is CC(C)(C)CC(O)(c1ccccc1)c1cccc(NC(=O)c2cc(C(F)(F)F)nn2-c2cccc(C#N)c2)c1. The van der Waals surface area contributed by atoms with Crippen molar-refractivity contribution in [2.75, 3.05) is 5.32 Å². The van der Waals surface area contributed by atoms with E-state index in [1.165, 1.54) is 24.3 Å². The third-order valence-corrected chi connectivity index (χ3v) is 6.09. The molecule has 0 saturated carbocycles. The molecule has 200 valence electrons. The summed E-state index contributed by atoms with van der Waals surface area (Å²) >= 11 is 0. The van der Waals surface area contributed by atoms with Crippen molar-refractivity contribution in [2.45, 2.75) is 39.0 Å². The van der Waals surface area contributed by atoms with Crippen LogP contribution in [0.25, 0.3) is 5.69 Å². The maximum atomic E-state index is 13.5. The average Bonchev–Trinajstić information content (AvgIpc) is 3.35. The van der Waals surface area contributed by atoms with Crippen LogP contribution in [0.2, 0.25) is 0 Å². The van der Waals surface area contributed by atoms with Crippen molar-refractivity contribution in [3.05, 3.63) is 113 Å². The normalized spacial score (nSPS) is 13.4. The van der Waals surface area contributed by atoms with E-state index in [4.69, 9.17) is 0 Å². The van der Waals surface area contributed by atoms with Gasteiger partial charge in [0.2, 0.25) is 0 Å². The minimum Gasteiger partial charge on any atom is -0.380 e. The van der Waals surface area contributed by atoms with Gasteiger partial charge in [-0.25, -0.2) is 4.68 Å². The number of anilines is 1. The molecule has 1 heterocycles. The number of rotatable bonds is 6. The first kappa shape index (κ1) is 27.6. The van der Waals surface area contributed by atoms with E-state index in [-0.39, 0.29) is 28.0 Å². The Morgan fingerprint density at radius 3 is 2.26 bits per heavy atom. The van der Waals surface area contributed by atoms with Crippen molar-refractivity contribution in [3.8, 4) is 11.8 Å². The molecule has 39 heavy (non-hydrogen) atoms. The van der Waals surface area contributed by atoms with Crippen LogP contribution in [0.15, 0.2) is 84.9 Å². The molecule has 0 radical (unpaired) electrons. The number of hydrogen-bond donors (Lipinski definition) is 2. The molecule has 1 atom stereocenters. The summed E-state index contributed by atoms with van der Waals surface area (Å²) < 4.78 is 41.4. The van der Waals surface area contributed by atoms with Crippen LogP contribution in [0.1, 0.15) is 60.1 Å². The second-order valence-electron chi connectivity index (χ2n) is 10.5. The Kier molecular flexibility index (Phi) is 7.35. The summed E-state index contributed by atoms with van der Waals surface area (Å²) in [5, 5.41) is 27.4. The molecule has 6 nitrogen and oxygen atoms in total. The molecule has 1 unspecified atom stereocenters. The number of aliphatic hydroxyl groups is 1. The van der Waals surface area contributed by atoms with Gasteiger partial charge in [-0.3, -0.25) is 4.79 Å². The summed E-state index contributed by atoms with van der Waals surface area (Å²) in [4.78, 5) is 13.3. The van der Waals surface area contributed by atoms with E-state index in [0.717, 1.165) is 4.68 Å². The van der Waals surface area contributed by atoms with Crippen LogP contribution < -0.4 is 5.32 Å². The van der Waals surface area contributed by atoms with Crippen molar-refractivity contribution in [1.82, 2.24) is 9.78 Å². The molecule has 1 amide bonds. The Labute approximate surface area is 224 Å². The van der Waals surface area contributed by atoms with E-state index in [1.807, 2.05) is 57.2 Å². The van der Waals surface area contributed by atoms with Gasteiger partial charge in [-0.1, -0.05) is 69.3 Å². The lowest BCUT2D eigenvalue weighted by atomic mass is 9.74. The number of alkyl halides is 3. The molecule has 0 saturated heterocycles. The number of carbonyl (C=O) groups excluding carboxylic acids is 1. The zero-order valence-electron chi connectivity index (χ0n) is 21.6. The molecule has 1 aromatic heterocycles. The van der Waals surface area contributed by atoms with Crippen molar-refractivity contribution >= 4 is 11.6 Å². The van der Waals surface area contributed by atoms with Crippen LogP contribution in [0.5, 0.6) is 0 Å². The molecular formula is C30H27F3N4O2. The summed E-state index contributed by atoms with van der Waals surface area (Å²) in [5.74, 6) is -0.836. The van der Waals surface area contributed by atoms with E-state index in [2.05, 4.69) is 10.4 Å². The van der Waals surface area contributed by atoms with Gasteiger partial charge in [0.1, 0.15) is 11.3 Å². The molecule has 4 rings (SSSR count). The van der Waals surface area contributed by atoms with Gasteiger partial charge in [-0.05, 0) is 53.3 Å². The summed E-state index contributed by atoms with van der Waals surface area (Å²) in [6.07, 6.45) is -4.41. The average molecular weight is 533 g/mol. The second-order valence-corrected chi connectivity index (χ2v) is 10.5. The number of amides is 1. The largest absolute Gasteiger partial charge is 0.435 e. The van der Waals surface area contributed by atoms with Gasteiger partial charge < -0.3 is 10.4 Å². The Balaban J connectivity index is 1.73. The lowest BCUT2D eigenvalue weighted by molar-refractivity contribution is -0.141. The highest BCUT2D eigenvalue weighted by molar-refractivity contribution is 6.03. The van der Waals surface area contributed by atoms with E-state index in [1.54, 1.807) is 24.3 Å². The highest BCUT2D eigenvalue weighted by Gasteiger charge is 2.37. The Bertz CT molecular complexity index is 1530. The van der Waals surface area contributed by atoms with E-state index < -0.39 is 23.4 Å². The lowest BCUT2D eigenvalue weighted by Gasteiger charge is -2.35. The molecule has 4 aromatic rings. The maximum absolute atomic E-state index is 13.5. The zero-order chi connectivity index (χ0) is 28.4. The fraction of sp³-hybridized carbons (Fsp3) is 0.233. The van der Waals surface area contributed by atoms with Crippen LogP contribution >= 0.6 is 0 Å². The first-order chi connectivity index (χ1) is 18.3. The number of halogens is 3. The number of benzene rings is 3. The number of hydrogen-bond acceptors (Lipinski definition) is 4. The van der Waals surface area contributed by atoms with Gasteiger partial charge in [-0.2, -0.15) is 23.5 Å². The van der Waals surface area contributed by atoms with Crippen molar-refractivity contribution in [1.29, 1.82) is 5.26 Å². The third-order valence-electron chi connectivity index (χ3n) is 6.09. The van der Waals surface area contributed by atoms with E-state index in [9.17, 15) is 28.3 Å². The summed E-state index contributed by atoms with van der Waals surface area (Å²) in [6, 6.07) is 24.1. The topological polar surface area (TPSA) is 90.9 Å². The highest BCUT2D eigenvalue weighted by Crippen LogP contribution is 2.40. The predicted molar refractivity (Wildman–Crippen MR) is 141 cm³/mol. The standard InChI is InChI=1S/C30H27F3N4O2/c1-28(2,3)19-29(39,21-10-5-4-6-11-21)22-12-8-13-23(16-22)35-27(38)25-17-26(30(31,32)33)36-37(25)24-14-7-9-20(15-24)18-34/h4-17,39H,19H2,1-3H3,(H,35,38). The minimum absolute atomic E-state index is 0.132. The fourth-order valence-electron chi connectivity index (χ4n) is 4.49. The molecule has 0 fully saturated rings. The van der Waals surface area contributed by atoms with Crippen molar-refractivity contribution < 1.29 is 23.1 Å². The molecule has 3 aromatic carbocycles. The summed E-state index contributed by atoms with van der Waals surface area (Å²) in [5.41, 5.74) is -1.44. The smallest absolute Gasteiger partial charge is 0.380 e. The summed E-state index contributed by atoms with van der Waals surface area (Å²) in [6.45, 7) is 6.02. The number of carbonyl (C=O) groups is 1. The Morgan fingerprint density at radius 1 is 0.949 bits per heavy atom. The summed E-state index contributed by atoms with van der Waals surface area (Å²) in [7, 11) is 0. The zero-order valence-corrected chi connectivity index (χ0v) is 21.6. The number of nitriles is 1. The van der Waals surface area contributed by atoms with E-state index >= 15 is 0 Å². The van der Waals surface area contributed by atoms with Gasteiger partial charge >= 0.3 is 6.18 Å². The number of nitrogens with one attached hydrogen (secondary N) is 1. The molecule has 9 heteroatoms. The first-order valence-electron chi connectivity index (χ1n) is 12.2. The minimum atomic E-state index is -4.79. The van der Waals surface area contributed by atoms with Crippen LogP contribution in [0.4, 0.5) is 18.9 Å². The predicted octanol–water partition coefficient (Wildman–Crippen LogP) is 6.69. The van der Waals surface area contributed by atoms with Gasteiger partial charge in [0, 0.05) is 11.8 Å². The molecule has 0 aliphatic heterocycles. The van der Waals surface area contributed by atoms with Gasteiger partial charge in [-0.15, -0.1) is 0 Å². The fourth-order valence-corrected chi connectivity index (χ4v) is 4.49. The van der Waals surface area contributed by atoms with Crippen LogP contribution in [-0.2, 0) is 11.8 Å².